The van der Waals surface area contributed by atoms with Crippen LogP contribution < -0.4 is 0 Å². The summed E-state index contributed by atoms with van der Waals surface area (Å²) in [5.74, 6) is -1.01. The van der Waals surface area contributed by atoms with Crippen molar-refractivity contribution in [2.24, 2.45) is 0 Å². The Balaban J connectivity index is 4.18. The van der Waals surface area contributed by atoms with Crippen LogP contribution in [0.1, 0.15) is 149 Å². The predicted molar refractivity (Wildman–Crippen MR) is 208 cm³/mol. The van der Waals surface area contributed by atoms with E-state index in [4.69, 9.17) is 19.3 Å². The van der Waals surface area contributed by atoms with Crippen molar-refractivity contribution < 1.29 is 43.0 Å². The molecule has 0 aromatic carbocycles. The minimum absolute atomic E-state index is 0.0971. The Bertz CT molecular complexity index is 1070. The SMILES string of the molecule is CCCCC/C=C\C[C@H](O)/C=C/C=C\C/C=C\CCCC(=O)O[C@H](COC(=O)CCCCCCC/C=C\C=C/CCCCCC)COP(=O)(O)O. The highest BCUT2D eigenvalue weighted by Crippen LogP contribution is 2.36. The number of aliphatic hydroxyl groups is 1. The second kappa shape index (κ2) is 35.8. The highest BCUT2D eigenvalue weighted by Gasteiger charge is 2.22. The molecule has 0 saturated carbocycles. The lowest BCUT2D eigenvalue weighted by molar-refractivity contribution is -0.161. The van der Waals surface area contributed by atoms with Gasteiger partial charge in [0.1, 0.15) is 6.61 Å². The van der Waals surface area contributed by atoms with Crippen molar-refractivity contribution in [3.63, 3.8) is 0 Å². The maximum atomic E-state index is 12.4. The quantitative estimate of drug-likeness (QED) is 0.0194. The molecule has 0 aromatic heterocycles. The smallest absolute Gasteiger partial charge is 0.462 e. The van der Waals surface area contributed by atoms with E-state index in [-0.39, 0.29) is 19.4 Å². The van der Waals surface area contributed by atoms with E-state index in [0.29, 0.717) is 32.1 Å². The van der Waals surface area contributed by atoms with Crippen LogP contribution in [0.5, 0.6) is 0 Å². The zero-order valence-electron chi connectivity index (χ0n) is 31.6. The summed E-state index contributed by atoms with van der Waals surface area (Å²) in [6, 6.07) is 0. The fraction of sp³-hybridized carbons (Fsp3) is 0.659. The van der Waals surface area contributed by atoms with Crippen molar-refractivity contribution in [3.05, 3.63) is 72.9 Å². The molecular weight excluding hydrogens is 667 g/mol. The highest BCUT2D eigenvalue weighted by atomic mass is 31.2. The van der Waals surface area contributed by atoms with Crippen molar-refractivity contribution >= 4 is 19.8 Å². The van der Waals surface area contributed by atoms with Gasteiger partial charge in [0.05, 0.1) is 12.7 Å². The second-order valence-corrected chi connectivity index (χ2v) is 14.0. The van der Waals surface area contributed by atoms with Gasteiger partial charge in [-0.15, -0.1) is 0 Å². The largest absolute Gasteiger partial charge is 0.469 e. The van der Waals surface area contributed by atoms with E-state index in [1.165, 1.54) is 44.9 Å². The van der Waals surface area contributed by atoms with E-state index in [1.807, 2.05) is 36.5 Å². The molecule has 0 aliphatic carbocycles. The van der Waals surface area contributed by atoms with Crippen LogP contribution in [0.25, 0.3) is 0 Å². The molecule has 3 N–H and O–H groups in total. The van der Waals surface area contributed by atoms with Gasteiger partial charge in [0.2, 0.25) is 0 Å². The Hall–Kier alpha value is -2.55. The Morgan fingerprint density at radius 1 is 0.608 bits per heavy atom. The number of carbonyl (C=O) groups is 2. The first-order valence-electron chi connectivity index (χ1n) is 19.4. The summed E-state index contributed by atoms with van der Waals surface area (Å²) in [6.45, 7) is 3.48. The average Bonchev–Trinajstić information content (AvgIpc) is 3.09. The molecule has 51 heavy (non-hydrogen) atoms. The number of carbonyl (C=O) groups excluding carboxylic acids is 2. The van der Waals surface area contributed by atoms with Crippen molar-refractivity contribution in [3.8, 4) is 0 Å². The number of phosphoric acid groups is 1. The average molecular weight is 737 g/mol. The number of hydrogen-bond donors (Lipinski definition) is 3. The zero-order chi connectivity index (χ0) is 37.7. The topological polar surface area (TPSA) is 140 Å². The third-order valence-corrected chi connectivity index (χ3v) is 8.29. The van der Waals surface area contributed by atoms with Gasteiger partial charge in [-0.25, -0.2) is 4.57 Å². The van der Waals surface area contributed by atoms with Crippen LogP contribution in [-0.2, 0) is 28.2 Å². The van der Waals surface area contributed by atoms with Gasteiger partial charge in [-0.3, -0.25) is 14.1 Å². The van der Waals surface area contributed by atoms with Crippen molar-refractivity contribution in [2.45, 2.75) is 161 Å². The van der Waals surface area contributed by atoms with E-state index >= 15 is 0 Å². The maximum absolute atomic E-state index is 12.4. The van der Waals surface area contributed by atoms with Crippen LogP contribution in [0.3, 0.4) is 0 Å². The van der Waals surface area contributed by atoms with E-state index in [1.54, 1.807) is 6.08 Å². The standard InChI is InChI=1S/C41H69O9P/c1-3-5-7-9-11-12-13-14-15-16-17-18-22-26-30-34-40(43)48-36-39(37-49-51(45,46)47)50-41(44)35-31-27-23-20-19-21-25-29-33-38(42)32-28-24-10-8-6-4-2/h12-15,20-21,23-25,28-29,33,38-39,42H,3-11,16-19,22,26-27,30-32,34-37H2,1-2H3,(H2,45,46,47)/b13-12-,15-14-,23-20-,25-21-,28-24-,33-29+/t38-,39+/m0/s1. The number of rotatable bonds is 34. The number of aliphatic hydroxyl groups excluding tert-OH is 1. The molecule has 0 radical (unpaired) electrons. The van der Waals surface area contributed by atoms with Gasteiger partial charge >= 0.3 is 19.8 Å². The first-order chi connectivity index (χ1) is 24.7. The van der Waals surface area contributed by atoms with Gasteiger partial charge in [0.15, 0.2) is 6.10 Å². The van der Waals surface area contributed by atoms with Crippen molar-refractivity contribution in [1.82, 2.24) is 0 Å². The molecule has 2 atom stereocenters. The minimum atomic E-state index is -4.79. The van der Waals surface area contributed by atoms with Gasteiger partial charge < -0.3 is 24.4 Å². The van der Waals surface area contributed by atoms with Gasteiger partial charge in [-0.1, -0.05) is 138 Å². The molecule has 0 bridgehead atoms. The molecule has 0 heterocycles. The minimum Gasteiger partial charge on any atom is -0.462 e. The Kier molecular flexibility index (Phi) is 34.0. The van der Waals surface area contributed by atoms with Crippen LogP contribution >= 0.6 is 7.82 Å². The fourth-order valence-electron chi connectivity index (χ4n) is 4.85. The summed E-state index contributed by atoms with van der Waals surface area (Å²) in [7, 11) is -4.79. The van der Waals surface area contributed by atoms with Crippen LogP contribution in [0.4, 0.5) is 0 Å². The van der Waals surface area contributed by atoms with Gasteiger partial charge in [-0.05, 0) is 70.6 Å². The summed E-state index contributed by atoms with van der Waals surface area (Å²) in [6.07, 6.45) is 42.2. The lowest BCUT2D eigenvalue weighted by Gasteiger charge is -2.18. The van der Waals surface area contributed by atoms with E-state index in [9.17, 15) is 19.3 Å². The Morgan fingerprint density at radius 2 is 1.16 bits per heavy atom. The summed E-state index contributed by atoms with van der Waals surface area (Å²) in [4.78, 5) is 42.7. The molecule has 0 fully saturated rings. The molecular formula is C41H69O9P. The van der Waals surface area contributed by atoms with Crippen LogP contribution in [0.2, 0.25) is 0 Å². The third kappa shape index (κ3) is 38.5. The first-order valence-corrected chi connectivity index (χ1v) is 20.9. The molecule has 0 spiro atoms. The molecule has 0 saturated heterocycles. The number of phosphoric ester groups is 1. The van der Waals surface area contributed by atoms with Crippen LogP contribution in [-0.4, -0.2) is 52.3 Å². The molecule has 0 rings (SSSR count). The van der Waals surface area contributed by atoms with Gasteiger partial charge in [0, 0.05) is 12.8 Å². The molecule has 0 aliphatic heterocycles. The van der Waals surface area contributed by atoms with Crippen LogP contribution in [0.15, 0.2) is 72.9 Å². The molecule has 0 aromatic rings. The molecule has 10 heteroatoms. The Labute approximate surface area is 309 Å². The monoisotopic (exact) mass is 736 g/mol. The van der Waals surface area contributed by atoms with E-state index < -0.39 is 38.6 Å². The van der Waals surface area contributed by atoms with Crippen molar-refractivity contribution in [2.75, 3.05) is 13.2 Å². The summed E-state index contributed by atoms with van der Waals surface area (Å²) >= 11 is 0. The van der Waals surface area contributed by atoms with Gasteiger partial charge in [0.25, 0.3) is 0 Å². The normalized spacial score (nSPS) is 13.9. The third-order valence-electron chi connectivity index (χ3n) is 7.81. The molecule has 9 nitrogen and oxygen atoms in total. The highest BCUT2D eigenvalue weighted by molar-refractivity contribution is 7.46. The summed E-state index contributed by atoms with van der Waals surface area (Å²) < 4.78 is 26.2. The second-order valence-electron chi connectivity index (χ2n) is 12.8. The van der Waals surface area contributed by atoms with Crippen molar-refractivity contribution in [1.29, 1.82) is 0 Å². The first kappa shape index (κ1) is 48.5. The number of ether oxygens (including phenoxy) is 2. The molecule has 0 unspecified atom stereocenters. The van der Waals surface area contributed by atoms with Gasteiger partial charge in [-0.2, -0.15) is 0 Å². The lowest BCUT2D eigenvalue weighted by Crippen LogP contribution is -2.29. The predicted octanol–water partition coefficient (Wildman–Crippen LogP) is 10.5. The van der Waals surface area contributed by atoms with E-state index in [2.05, 4.69) is 48.8 Å². The fourth-order valence-corrected chi connectivity index (χ4v) is 5.21. The van der Waals surface area contributed by atoms with E-state index in [0.717, 1.165) is 44.9 Å². The number of unbranched alkanes of at least 4 members (excludes halogenated alkanes) is 13. The Morgan fingerprint density at radius 3 is 1.86 bits per heavy atom. The number of hydrogen-bond acceptors (Lipinski definition) is 7. The number of allylic oxidation sites excluding steroid dienone is 10. The van der Waals surface area contributed by atoms with Crippen LogP contribution in [0, 0.1) is 0 Å². The summed E-state index contributed by atoms with van der Waals surface area (Å²) in [5, 5.41) is 9.99. The summed E-state index contributed by atoms with van der Waals surface area (Å²) in [5.41, 5.74) is 0. The molecule has 292 valence electrons. The maximum Gasteiger partial charge on any atom is 0.469 e. The molecule has 0 aliphatic rings. The number of esters is 2. The lowest BCUT2D eigenvalue weighted by atomic mass is 10.1. The zero-order valence-corrected chi connectivity index (χ0v) is 32.5. The molecule has 0 amide bonds.